The lowest BCUT2D eigenvalue weighted by Crippen LogP contribution is -2.52. The van der Waals surface area contributed by atoms with Gasteiger partial charge in [-0.2, -0.15) is 0 Å². The molecule has 2 aliphatic rings. The molecule has 0 bridgehead atoms. The molecule has 2 N–H and O–H groups in total. The first-order chi connectivity index (χ1) is 12.1. The van der Waals surface area contributed by atoms with Gasteiger partial charge in [-0.15, -0.1) is 0 Å². The summed E-state index contributed by atoms with van der Waals surface area (Å²) in [7, 11) is 0. The van der Waals surface area contributed by atoms with Gasteiger partial charge in [-0.05, 0) is 44.3 Å². The molecule has 1 atom stereocenters. The second-order valence-corrected chi connectivity index (χ2v) is 7.35. The molecule has 2 amide bonds. The monoisotopic (exact) mass is 345 g/mol. The average molecular weight is 345 g/mol. The van der Waals surface area contributed by atoms with Crippen LogP contribution in [0.4, 0.5) is 4.79 Å². The Balaban J connectivity index is 1.48. The average Bonchev–Trinajstić information content (AvgIpc) is 2.67. The number of rotatable bonds is 4. The van der Waals surface area contributed by atoms with Crippen LogP contribution >= 0.6 is 0 Å². The molecular formula is C20H31N3O2. The topological polar surface area (TPSA) is 55.8 Å². The van der Waals surface area contributed by atoms with Gasteiger partial charge >= 0.3 is 6.03 Å². The Morgan fingerprint density at radius 1 is 1.20 bits per heavy atom. The summed E-state index contributed by atoms with van der Waals surface area (Å²) in [5.41, 5.74) is 0.149. The number of piperidine rings is 2. The van der Waals surface area contributed by atoms with Crippen LogP contribution in [-0.4, -0.2) is 59.7 Å². The molecule has 2 heterocycles. The Bertz CT molecular complexity index is 555. The molecule has 138 valence electrons. The molecule has 3 rings (SSSR count). The molecule has 1 aromatic carbocycles. The van der Waals surface area contributed by atoms with Gasteiger partial charge in [0.25, 0.3) is 0 Å². The molecule has 5 nitrogen and oxygen atoms in total. The van der Waals surface area contributed by atoms with Crippen molar-refractivity contribution in [2.24, 2.45) is 0 Å². The van der Waals surface area contributed by atoms with Crippen LogP contribution in [0.15, 0.2) is 30.3 Å². The number of carbonyl (C=O) groups excluding carboxylic acids is 1. The fraction of sp³-hybridized carbons (Fsp3) is 0.650. The molecule has 0 aromatic heterocycles. The van der Waals surface area contributed by atoms with Crippen LogP contribution in [0.25, 0.3) is 0 Å². The largest absolute Gasteiger partial charge is 0.385 e. The highest BCUT2D eigenvalue weighted by molar-refractivity contribution is 5.74. The number of carbonyl (C=O) groups is 1. The van der Waals surface area contributed by atoms with Gasteiger partial charge in [-0.3, -0.25) is 4.90 Å². The van der Waals surface area contributed by atoms with Crippen LogP contribution in [0.5, 0.6) is 0 Å². The van der Waals surface area contributed by atoms with Crippen LogP contribution in [0.1, 0.15) is 44.6 Å². The van der Waals surface area contributed by atoms with Gasteiger partial charge in [0.05, 0.1) is 5.60 Å². The van der Waals surface area contributed by atoms with E-state index in [4.69, 9.17) is 0 Å². The SMILES string of the molecule is CCN1CCCC[C@@H]1CNC(=O)N1CCC(O)(c2ccccc2)CC1. The Hall–Kier alpha value is -1.59. The lowest BCUT2D eigenvalue weighted by molar-refractivity contribution is -0.0169. The van der Waals surface area contributed by atoms with Gasteiger partial charge in [-0.25, -0.2) is 4.79 Å². The van der Waals surface area contributed by atoms with Gasteiger partial charge in [-0.1, -0.05) is 43.7 Å². The highest BCUT2D eigenvalue weighted by Gasteiger charge is 2.35. The fourth-order valence-corrected chi connectivity index (χ4v) is 4.14. The van der Waals surface area contributed by atoms with E-state index in [1.54, 1.807) is 0 Å². The van der Waals surface area contributed by atoms with E-state index < -0.39 is 5.60 Å². The Kier molecular flexibility index (Phi) is 5.97. The summed E-state index contributed by atoms with van der Waals surface area (Å²) in [5.74, 6) is 0. The van der Waals surface area contributed by atoms with Crippen molar-refractivity contribution >= 4 is 6.03 Å². The maximum atomic E-state index is 12.5. The summed E-state index contributed by atoms with van der Waals surface area (Å²) < 4.78 is 0. The number of likely N-dealkylation sites (N-methyl/N-ethyl adjacent to an activating group) is 1. The molecule has 0 aliphatic carbocycles. The normalized spacial score (nSPS) is 24.1. The lowest BCUT2D eigenvalue weighted by atomic mass is 9.84. The number of aliphatic hydroxyl groups is 1. The summed E-state index contributed by atoms with van der Waals surface area (Å²) >= 11 is 0. The number of hydrogen-bond donors (Lipinski definition) is 2. The van der Waals surface area contributed by atoms with E-state index in [0.29, 0.717) is 32.0 Å². The molecule has 5 heteroatoms. The summed E-state index contributed by atoms with van der Waals surface area (Å²) in [6, 6.07) is 10.3. The first kappa shape index (κ1) is 18.2. The van der Waals surface area contributed by atoms with Crippen LogP contribution < -0.4 is 5.32 Å². The molecule has 0 saturated carbocycles. The van der Waals surface area contributed by atoms with E-state index in [-0.39, 0.29) is 6.03 Å². The standard InChI is InChI=1S/C20H31N3O2/c1-2-22-13-7-6-10-18(22)16-21-19(24)23-14-11-20(25,12-15-23)17-8-4-3-5-9-17/h3-5,8-9,18,25H,2,6-7,10-16H2,1H3,(H,21,24)/t18-/m1/s1. The van der Waals surface area contributed by atoms with Gasteiger partial charge in [0.2, 0.25) is 0 Å². The van der Waals surface area contributed by atoms with Crippen LogP contribution in [0.2, 0.25) is 0 Å². The Labute approximate surface area is 151 Å². The third-order valence-corrected chi connectivity index (χ3v) is 5.83. The molecule has 2 fully saturated rings. The molecule has 1 aromatic rings. The predicted molar refractivity (Wildman–Crippen MR) is 99.4 cm³/mol. The van der Waals surface area contributed by atoms with E-state index in [0.717, 1.165) is 25.2 Å². The van der Waals surface area contributed by atoms with E-state index in [1.165, 1.54) is 19.3 Å². The number of nitrogens with one attached hydrogen (secondary N) is 1. The van der Waals surface area contributed by atoms with Crippen molar-refractivity contribution in [3.8, 4) is 0 Å². The number of likely N-dealkylation sites (tertiary alicyclic amines) is 2. The zero-order valence-corrected chi connectivity index (χ0v) is 15.3. The number of urea groups is 1. The van der Waals surface area contributed by atoms with Crippen molar-refractivity contribution in [1.29, 1.82) is 0 Å². The molecule has 2 aliphatic heterocycles. The minimum atomic E-state index is -0.805. The van der Waals surface area contributed by atoms with Gasteiger partial charge in [0.15, 0.2) is 0 Å². The molecule has 2 saturated heterocycles. The molecule has 0 unspecified atom stereocenters. The van der Waals surface area contributed by atoms with Crippen LogP contribution in [0.3, 0.4) is 0 Å². The summed E-state index contributed by atoms with van der Waals surface area (Å²) in [5, 5.41) is 14.0. The van der Waals surface area contributed by atoms with Crippen LogP contribution in [0, 0.1) is 0 Å². The third kappa shape index (κ3) is 4.33. The zero-order chi connectivity index (χ0) is 17.7. The fourth-order valence-electron chi connectivity index (χ4n) is 4.14. The van der Waals surface area contributed by atoms with Gasteiger partial charge in [0.1, 0.15) is 0 Å². The van der Waals surface area contributed by atoms with Crippen molar-refractivity contribution in [1.82, 2.24) is 15.1 Å². The first-order valence-corrected chi connectivity index (χ1v) is 9.67. The minimum Gasteiger partial charge on any atom is -0.385 e. The van der Waals surface area contributed by atoms with Crippen LogP contribution in [-0.2, 0) is 5.60 Å². The lowest BCUT2D eigenvalue weighted by Gasteiger charge is -2.39. The summed E-state index contributed by atoms with van der Waals surface area (Å²) in [4.78, 5) is 16.8. The highest BCUT2D eigenvalue weighted by Crippen LogP contribution is 2.32. The highest BCUT2D eigenvalue weighted by atomic mass is 16.3. The molecule has 0 radical (unpaired) electrons. The molecular weight excluding hydrogens is 314 g/mol. The maximum absolute atomic E-state index is 12.5. The number of nitrogens with zero attached hydrogens (tertiary/aromatic N) is 2. The first-order valence-electron chi connectivity index (χ1n) is 9.67. The van der Waals surface area contributed by atoms with E-state index in [1.807, 2.05) is 35.2 Å². The number of hydrogen-bond acceptors (Lipinski definition) is 3. The Morgan fingerprint density at radius 2 is 1.92 bits per heavy atom. The zero-order valence-electron chi connectivity index (χ0n) is 15.3. The van der Waals surface area contributed by atoms with Crippen molar-refractivity contribution in [2.45, 2.75) is 50.7 Å². The molecule has 25 heavy (non-hydrogen) atoms. The van der Waals surface area contributed by atoms with Crippen molar-refractivity contribution < 1.29 is 9.90 Å². The summed E-state index contributed by atoms with van der Waals surface area (Å²) in [6.45, 7) is 6.30. The van der Waals surface area contributed by atoms with E-state index in [2.05, 4.69) is 17.1 Å². The molecule has 0 spiro atoms. The van der Waals surface area contributed by atoms with E-state index >= 15 is 0 Å². The second kappa shape index (κ2) is 8.19. The van der Waals surface area contributed by atoms with Gasteiger partial charge in [0, 0.05) is 25.7 Å². The maximum Gasteiger partial charge on any atom is 0.317 e. The third-order valence-electron chi connectivity index (χ3n) is 5.83. The quantitative estimate of drug-likeness (QED) is 0.882. The Morgan fingerprint density at radius 3 is 2.60 bits per heavy atom. The predicted octanol–water partition coefficient (Wildman–Crippen LogP) is 2.55. The van der Waals surface area contributed by atoms with Crippen molar-refractivity contribution in [3.05, 3.63) is 35.9 Å². The minimum absolute atomic E-state index is 0.0109. The second-order valence-electron chi connectivity index (χ2n) is 7.35. The van der Waals surface area contributed by atoms with Crippen molar-refractivity contribution in [3.63, 3.8) is 0 Å². The van der Waals surface area contributed by atoms with Gasteiger partial charge < -0.3 is 15.3 Å². The number of benzene rings is 1. The smallest absolute Gasteiger partial charge is 0.317 e. The van der Waals surface area contributed by atoms with E-state index in [9.17, 15) is 9.90 Å². The number of amides is 2. The van der Waals surface area contributed by atoms with Crippen molar-refractivity contribution in [2.75, 3.05) is 32.7 Å². The summed E-state index contributed by atoms with van der Waals surface area (Å²) in [6.07, 6.45) is 4.87.